The maximum Gasteiger partial charge on any atom is 0.277 e. The molecule has 16 heavy (non-hydrogen) atoms. The van der Waals surface area contributed by atoms with E-state index in [1.807, 2.05) is 0 Å². The van der Waals surface area contributed by atoms with Crippen molar-refractivity contribution in [1.29, 1.82) is 0 Å². The predicted molar refractivity (Wildman–Crippen MR) is 55.3 cm³/mol. The van der Waals surface area contributed by atoms with Gasteiger partial charge in [-0.25, -0.2) is 0 Å². The Kier molecular flexibility index (Phi) is 1.78. The summed E-state index contributed by atoms with van der Waals surface area (Å²) in [4.78, 5) is 27.8. The highest BCUT2D eigenvalue weighted by Crippen LogP contribution is 2.23. The van der Waals surface area contributed by atoms with Crippen molar-refractivity contribution in [2.24, 2.45) is 4.99 Å². The minimum absolute atomic E-state index is 0.255. The van der Waals surface area contributed by atoms with Gasteiger partial charge in [-0.3, -0.25) is 20.0 Å². The average Bonchev–Trinajstić information content (AvgIpc) is 2.89. The van der Waals surface area contributed by atoms with E-state index >= 15 is 0 Å². The standard InChI is InChI=1S/C10H8N4O2/c15-9-7-3-1-2-4-8(7)10(16)14(9)13-6-11-5-12-13/h1-5H,6H2,(H,11,12). The van der Waals surface area contributed by atoms with Crippen LogP contribution in [0.3, 0.4) is 0 Å². The zero-order chi connectivity index (χ0) is 11.1. The molecule has 0 unspecified atom stereocenters. The van der Waals surface area contributed by atoms with Gasteiger partial charge in [-0.1, -0.05) is 12.1 Å². The molecule has 0 radical (unpaired) electrons. The van der Waals surface area contributed by atoms with Crippen LogP contribution in [0.5, 0.6) is 0 Å². The highest BCUT2D eigenvalue weighted by Gasteiger charge is 2.39. The third-order valence-corrected chi connectivity index (χ3v) is 2.53. The lowest BCUT2D eigenvalue weighted by Crippen LogP contribution is -2.50. The highest BCUT2D eigenvalue weighted by atomic mass is 16.2. The van der Waals surface area contributed by atoms with Gasteiger partial charge in [-0.05, 0) is 12.1 Å². The summed E-state index contributed by atoms with van der Waals surface area (Å²) < 4.78 is 0. The molecule has 80 valence electrons. The molecular weight excluding hydrogens is 208 g/mol. The maximum absolute atomic E-state index is 12.0. The summed E-state index contributed by atoms with van der Waals surface area (Å²) in [6.07, 6.45) is 1.45. The van der Waals surface area contributed by atoms with E-state index in [-0.39, 0.29) is 18.5 Å². The van der Waals surface area contributed by atoms with Crippen LogP contribution in [0.4, 0.5) is 0 Å². The van der Waals surface area contributed by atoms with Crippen LogP contribution in [0.2, 0.25) is 0 Å². The molecule has 2 heterocycles. The number of hydrogen-bond acceptors (Lipinski definition) is 5. The first kappa shape index (κ1) is 9.05. The van der Waals surface area contributed by atoms with Crippen LogP contribution >= 0.6 is 0 Å². The molecule has 6 nitrogen and oxygen atoms in total. The molecule has 3 rings (SSSR count). The fraction of sp³-hybridized carbons (Fsp3) is 0.100. The number of amides is 2. The number of hydrazine groups is 2. The molecule has 6 heteroatoms. The number of imide groups is 1. The smallest absolute Gasteiger partial charge is 0.277 e. The largest absolute Gasteiger partial charge is 0.289 e. The van der Waals surface area contributed by atoms with Crippen molar-refractivity contribution < 1.29 is 9.59 Å². The van der Waals surface area contributed by atoms with E-state index < -0.39 is 0 Å². The first-order valence-corrected chi connectivity index (χ1v) is 4.79. The maximum atomic E-state index is 12.0. The first-order valence-electron chi connectivity index (χ1n) is 4.79. The third-order valence-electron chi connectivity index (χ3n) is 2.53. The Hall–Kier alpha value is -2.21. The number of hydrogen-bond donors (Lipinski definition) is 1. The highest BCUT2D eigenvalue weighted by molar-refractivity contribution is 6.20. The van der Waals surface area contributed by atoms with E-state index in [9.17, 15) is 9.59 Å². The molecule has 0 aliphatic carbocycles. The summed E-state index contributed by atoms with van der Waals surface area (Å²) >= 11 is 0. The number of rotatable bonds is 1. The molecule has 2 aliphatic heterocycles. The van der Waals surface area contributed by atoms with Gasteiger partial charge in [-0.2, -0.15) is 5.01 Å². The molecule has 2 aliphatic rings. The second-order valence-corrected chi connectivity index (χ2v) is 3.45. The Labute approximate surface area is 91.1 Å². The minimum Gasteiger partial charge on any atom is -0.289 e. The lowest BCUT2D eigenvalue weighted by molar-refractivity contribution is -0.00512. The summed E-state index contributed by atoms with van der Waals surface area (Å²) in [7, 11) is 0. The Morgan fingerprint density at radius 1 is 1.12 bits per heavy atom. The fourth-order valence-corrected chi connectivity index (χ4v) is 1.78. The second-order valence-electron chi connectivity index (χ2n) is 3.45. The van der Waals surface area contributed by atoms with Crippen LogP contribution in [-0.4, -0.2) is 34.9 Å². The number of carbonyl (C=O) groups is 2. The summed E-state index contributed by atoms with van der Waals surface area (Å²) in [5.41, 5.74) is 3.58. The van der Waals surface area contributed by atoms with Gasteiger partial charge in [0.2, 0.25) is 0 Å². The number of aliphatic imine (C=N–C) groups is 1. The van der Waals surface area contributed by atoms with E-state index in [0.717, 1.165) is 5.01 Å². The van der Waals surface area contributed by atoms with Gasteiger partial charge in [0.15, 0.2) is 0 Å². The fourth-order valence-electron chi connectivity index (χ4n) is 1.78. The van der Waals surface area contributed by atoms with Gasteiger partial charge >= 0.3 is 0 Å². The van der Waals surface area contributed by atoms with Crippen molar-refractivity contribution in [3.8, 4) is 0 Å². The SMILES string of the molecule is O=C1c2ccccc2C(=O)N1N1CN=CN1. The first-order chi connectivity index (χ1) is 7.79. The number of benzene rings is 1. The van der Waals surface area contributed by atoms with Crippen LogP contribution in [0.1, 0.15) is 20.7 Å². The van der Waals surface area contributed by atoms with Gasteiger partial charge in [-0.15, -0.1) is 5.12 Å². The van der Waals surface area contributed by atoms with Crippen LogP contribution in [0.15, 0.2) is 29.3 Å². The predicted octanol–water partition coefficient (Wildman–Crippen LogP) is 0.00360. The third kappa shape index (κ3) is 1.07. The van der Waals surface area contributed by atoms with Gasteiger partial charge in [0.25, 0.3) is 11.8 Å². The molecule has 0 fully saturated rings. The minimum atomic E-state index is -0.321. The van der Waals surface area contributed by atoms with Gasteiger partial charge < -0.3 is 0 Å². The second kappa shape index (κ2) is 3.14. The molecule has 0 aromatic heterocycles. The number of carbonyl (C=O) groups excluding carboxylic acids is 2. The van der Waals surface area contributed by atoms with Crippen LogP contribution < -0.4 is 5.43 Å². The van der Waals surface area contributed by atoms with Crippen molar-refractivity contribution in [1.82, 2.24) is 15.6 Å². The molecule has 1 aromatic rings. The molecule has 1 N–H and O–H groups in total. The lowest BCUT2D eigenvalue weighted by Gasteiger charge is -2.23. The molecular formula is C10H8N4O2. The summed E-state index contributed by atoms with van der Waals surface area (Å²) in [5, 5.41) is 2.45. The van der Waals surface area contributed by atoms with E-state index in [1.165, 1.54) is 11.5 Å². The molecule has 0 spiro atoms. The molecule has 2 amide bonds. The number of fused-ring (bicyclic) bond motifs is 1. The Morgan fingerprint density at radius 3 is 2.25 bits per heavy atom. The molecule has 0 saturated carbocycles. The van der Waals surface area contributed by atoms with Crippen LogP contribution in [0, 0.1) is 0 Å². The van der Waals surface area contributed by atoms with Gasteiger partial charge in [0.1, 0.15) is 13.0 Å². The number of nitrogens with one attached hydrogen (secondary N) is 1. The van der Waals surface area contributed by atoms with Gasteiger partial charge in [0, 0.05) is 0 Å². The summed E-state index contributed by atoms with van der Waals surface area (Å²) in [6, 6.07) is 6.77. The molecule has 1 aromatic carbocycles. The summed E-state index contributed by atoms with van der Waals surface area (Å²) in [6.45, 7) is 0.255. The van der Waals surface area contributed by atoms with Crippen molar-refractivity contribution in [2.45, 2.75) is 0 Å². The number of nitrogens with zero attached hydrogens (tertiary/aromatic N) is 3. The Balaban J connectivity index is 2.01. The van der Waals surface area contributed by atoms with E-state index in [4.69, 9.17) is 0 Å². The summed E-state index contributed by atoms with van der Waals surface area (Å²) in [5.74, 6) is -0.641. The van der Waals surface area contributed by atoms with Crippen LogP contribution in [-0.2, 0) is 0 Å². The quantitative estimate of drug-likeness (QED) is 0.671. The Bertz CT molecular complexity index is 468. The van der Waals surface area contributed by atoms with Crippen molar-refractivity contribution in [2.75, 3.05) is 6.67 Å². The molecule has 0 saturated heterocycles. The topological polar surface area (TPSA) is 65.0 Å². The molecule has 0 atom stereocenters. The van der Waals surface area contributed by atoms with Crippen LogP contribution in [0.25, 0.3) is 0 Å². The van der Waals surface area contributed by atoms with Crippen molar-refractivity contribution >= 4 is 18.2 Å². The van der Waals surface area contributed by atoms with E-state index in [1.54, 1.807) is 24.3 Å². The van der Waals surface area contributed by atoms with E-state index in [2.05, 4.69) is 10.4 Å². The zero-order valence-corrected chi connectivity index (χ0v) is 8.25. The van der Waals surface area contributed by atoms with Crippen molar-refractivity contribution in [3.05, 3.63) is 35.4 Å². The average molecular weight is 216 g/mol. The lowest BCUT2D eigenvalue weighted by atomic mass is 10.1. The molecule has 0 bridgehead atoms. The van der Waals surface area contributed by atoms with Gasteiger partial charge in [0.05, 0.1) is 11.1 Å². The Morgan fingerprint density at radius 2 is 1.75 bits per heavy atom. The zero-order valence-electron chi connectivity index (χ0n) is 8.25. The normalized spacial score (nSPS) is 19.1. The van der Waals surface area contributed by atoms with E-state index in [0.29, 0.717) is 11.1 Å². The van der Waals surface area contributed by atoms with Crippen molar-refractivity contribution in [3.63, 3.8) is 0 Å². The monoisotopic (exact) mass is 216 g/mol.